The molecule has 0 bridgehead atoms. The third-order valence-corrected chi connectivity index (χ3v) is 29.6. The summed E-state index contributed by atoms with van der Waals surface area (Å²) < 4.78 is 0. The number of hydrogen-bond acceptors (Lipinski definition) is 33. The van der Waals surface area contributed by atoms with Crippen molar-refractivity contribution in [3.05, 3.63) is 140 Å². The van der Waals surface area contributed by atoms with Gasteiger partial charge in [-0.3, -0.25) is 43.2 Å². The molecule has 674 valence electrons. The molecule has 0 fully saturated rings. The molecule has 9 atom stereocenters. The predicted molar refractivity (Wildman–Crippen MR) is 495 cm³/mol. The van der Waals surface area contributed by atoms with Crippen molar-refractivity contribution in [1.29, 1.82) is 0 Å². The third kappa shape index (κ3) is 26.4. The molecule has 9 amide bonds. The van der Waals surface area contributed by atoms with Gasteiger partial charge in [0.05, 0.1) is 145 Å². The minimum Gasteiger partial charge on any atom is -0.365 e. The summed E-state index contributed by atoms with van der Waals surface area (Å²) in [6.07, 6.45) is 11.5. The van der Waals surface area contributed by atoms with E-state index in [4.69, 9.17) is 80.0 Å². The average Bonchev–Trinajstić information content (AvgIpc) is 1.65. The Morgan fingerprint density at radius 3 is 0.726 bits per heavy atom. The van der Waals surface area contributed by atoms with E-state index in [-0.39, 0.29) is 57.4 Å². The molecular formula is C82H118N24O9S9. The van der Waals surface area contributed by atoms with Crippen molar-refractivity contribution in [2.24, 2.45) is 40.1 Å². The van der Waals surface area contributed by atoms with Crippen LogP contribution in [0.2, 0.25) is 0 Å². The first-order chi connectivity index (χ1) is 59.2. The van der Waals surface area contributed by atoms with Crippen LogP contribution in [-0.2, 0) is 19.3 Å². The zero-order chi connectivity index (χ0) is 90.3. The van der Waals surface area contributed by atoms with E-state index in [9.17, 15) is 24.0 Å². The summed E-state index contributed by atoms with van der Waals surface area (Å²) >= 11 is 10.7. The van der Waals surface area contributed by atoms with Crippen LogP contribution < -0.4 is 82.7 Å². The van der Waals surface area contributed by atoms with Crippen molar-refractivity contribution in [2.75, 3.05) is 39.3 Å². The Labute approximate surface area is 759 Å². The molecule has 0 aliphatic carbocycles. The van der Waals surface area contributed by atoms with Crippen molar-refractivity contribution < 1.29 is 43.2 Å². The monoisotopic (exact) mass is 1870 g/mol. The van der Waals surface area contributed by atoms with E-state index in [1.165, 1.54) is 45.3 Å². The second-order valence-corrected chi connectivity index (χ2v) is 41.2. The molecule has 9 rings (SSSR count). The molecule has 9 aromatic rings. The normalized spacial score (nSPS) is 13.8. The number of nitrogens with one attached hydrogen (secondary N) is 8. The first kappa shape index (κ1) is 99.4. The number of carbonyl (C=O) groups excluding carboxylic acids is 9. The van der Waals surface area contributed by atoms with Crippen molar-refractivity contribution in [3.63, 3.8) is 0 Å². The van der Waals surface area contributed by atoms with Crippen molar-refractivity contribution >= 4 is 155 Å². The lowest BCUT2D eigenvalue weighted by atomic mass is 9.99. The van der Waals surface area contributed by atoms with Gasteiger partial charge in [0.15, 0.2) is 0 Å². The van der Waals surface area contributed by atoms with Crippen LogP contribution in [0.15, 0.2) is 0 Å². The maximum absolute atomic E-state index is 15.1. The lowest BCUT2D eigenvalue weighted by Gasteiger charge is -2.20. The Hall–Kier alpha value is -8.34. The van der Waals surface area contributed by atoms with E-state index in [0.717, 1.165) is 112 Å². The molecule has 0 aliphatic rings. The van der Waals surface area contributed by atoms with E-state index in [1.54, 1.807) is 76.2 Å². The fraction of sp³-hybridized carbons (Fsp3) is 0.561. The van der Waals surface area contributed by atoms with E-state index in [1.807, 2.05) is 6.92 Å². The Balaban J connectivity index is 0.909. The molecule has 9 heterocycles. The minimum atomic E-state index is -0.876. The second-order valence-electron chi connectivity index (χ2n) is 30.7. The van der Waals surface area contributed by atoms with Gasteiger partial charge in [0.2, 0.25) is 0 Å². The molecular weight excluding hydrogens is 1750 g/mol. The maximum atomic E-state index is 15.1. The largest absolute Gasteiger partial charge is 0.365 e. The molecule has 0 spiro atoms. The summed E-state index contributed by atoms with van der Waals surface area (Å²) in [5.74, 6) is -4.50. The molecule has 0 radical (unpaired) electrons. The van der Waals surface area contributed by atoms with Crippen LogP contribution in [0.3, 0.4) is 0 Å². The Morgan fingerprint density at radius 1 is 0.250 bits per heavy atom. The molecule has 0 aromatic carbocycles. The molecule has 0 aliphatic heterocycles. The zero-order valence-electron chi connectivity index (χ0n) is 72.6. The fourth-order valence-corrected chi connectivity index (χ4v) is 22.8. The fourth-order valence-electron chi connectivity index (χ4n) is 14.1. The number of aryl methyl sites for hydroxylation is 9. The number of carbonyl (C=O) groups is 9. The highest BCUT2D eigenvalue weighted by atomic mass is 32.1. The highest BCUT2D eigenvalue weighted by Crippen LogP contribution is 2.38. The number of rotatable bonds is 50. The number of nitrogens with zero attached hydrogens (tertiary/aromatic N) is 9. The molecule has 0 saturated heterocycles. The second kappa shape index (κ2) is 47.5. The van der Waals surface area contributed by atoms with Crippen molar-refractivity contribution in [2.45, 2.75) is 260 Å². The number of hydrogen-bond donors (Lipinski definition) is 15. The van der Waals surface area contributed by atoms with Crippen LogP contribution >= 0.6 is 102 Å². The summed E-state index contributed by atoms with van der Waals surface area (Å²) in [5, 5.41) is 30.4. The van der Waals surface area contributed by atoms with Gasteiger partial charge >= 0.3 is 0 Å². The van der Waals surface area contributed by atoms with Gasteiger partial charge < -0.3 is 82.7 Å². The Kier molecular flexibility index (Phi) is 38.1. The van der Waals surface area contributed by atoms with E-state index in [0.29, 0.717) is 194 Å². The van der Waals surface area contributed by atoms with Crippen LogP contribution in [0.4, 0.5) is 0 Å². The van der Waals surface area contributed by atoms with Crippen LogP contribution in [-0.4, -0.2) is 137 Å². The summed E-state index contributed by atoms with van der Waals surface area (Å²) in [6.45, 7) is 25.9. The highest BCUT2D eigenvalue weighted by Gasteiger charge is 2.37. The molecule has 0 saturated carbocycles. The molecule has 124 heavy (non-hydrogen) atoms. The van der Waals surface area contributed by atoms with Crippen LogP contribution in [0.1, 0.15) is 382 Å². The van der Waals surface area contributed by atoms with E-state index < -0.39 is 95.6 Å². The van der Waals surface area contributed by atoms with E-state index in [2.05, 4.69) is 54.4 Å². The van der Waals surface area contributed by atoms with Crippen LogP contribution in [0.25, 0.3) is 0 Å². The van der Waals surface area contributed by atoms with Gasteiger partial charge in [-0.05, 0) is 232 Å². The highest BCUT2D eigenvalue weighted by molar-refractivity contribution is 7.16. The topological polar surface area (TPSA) is 548 Å². The number of primary amides is 1. The standard InChI is InChI=1S/C82H118N24O9S9/c1-38(26-14-20-32-83)56-66(117-45(8)96-56)75(108)93-42(5)60-70(123-53(104-60)29-17-23-35-86)77(110)91-40(3)58-67(118-47(10)98-58)81(114)103-52(28-16-22-34-85)64-73(121-50(13)101-64)80(113)95-44(7)62-71(124-55(106-62)31-19-25-37-88)78(111)92-41(4)59-68(119-48(11)99-59)82(115)102-51(27-15-21-33-84)63-72(120-49(12)100-63)79(112)94-43(6)61-69(122-54(105-61)30-18-24-36-87)76(109)90-39(2)57-65(74(89)107)116-46(9)97-57/h38-44,51-52H,14-37,83-88H2,1-13H3,(H2,89,107)(H,90,109)(H,91,110)(H,92,111)(H,93,108)(H,94,112)(H,95,113)(H,102,115)(H,103,114)/t38-,39-,40-,41-,42-,43-,44-,51-,52-/m0/s1. The van der Waals surface area contributed by atoms with Gasteiger partial charge in [-0.25, -0.2) is 44.9 Å². The molecule has 9 aromatic heterocycles. The smallest absolute Gasteiger partial charge is 0.263 e. The lowest BCUT2D eigenvalue weighted by molar-refractivity contribution is 0.0911. The van der Waals surface area contributed by atoms with Gasteiger partial charge in [-0.15, -0.1) is 102 Å². The summed E-state index contributed by atoms with van der Waals surface area (Å²) in [7, 11) is 0. The van der Waals surface area contributed by atoms with Gasteiger partial charge in [0.25, 0.3) is 53.2 Å². The number of amides is 9. The Morgan fingerprint density at radius 2 is 0.452 bits per heavy atom. The van der Waals surface area contributed by atoms with Crippen LogP contribution in [0.5, 0.6) is 0 Å². The maximum Gasteiger partial charge on any atom is 0.263 e. The number of nitrogens with two attached hydrogens (primary N) is 7. The van der Waals surface area contributed by atoms with Gasteiger partial charge in [-0.2, -0.15) is 0 Å². The summed E-state index contributed by atoms with van der Waals surface area (Å²) in [5.41, 5.74) is 44.5. The zero-order valence-corrected chi connectivity index (χ0v) is 79.9. The first-order valence-corrected chi connectivity index (χ1v) is 49.4. The molecule has 22 N–H and O–H groups in total. The molecule has 33 nitrogen and oxygen atoms in total. The number of aromatic nitrogens is 9. The van der Waals surface area contributed by atoms with Crippen LogP contribution in [0, 0.1) is 41.5 Å². The van der Waals surface area contributed by atoms with Crippen molar-refractivity contribution in [3.8, 4) is 0 Å². The van der Waals surface area contributed by atoms with Crippen molar-refractivity contribution in [1.82, 2.24) is 87.4 Å². The molecule has 42 heteroatoms. The van der Waals surface area contributed by atoms with E-state index >= 15 is 19.2 Å². The quantitative estimate of drug-likeness (QED) is 0.0157. The molecule has 0 unspecified atom stereocenters. The average molecular weight is 1870 g/mol. The van der Waals surface area contributed by atoms with Gasteiger partial charge in [0.1, 0.15) is 43.9 Å². The van der Waals surface area contributed by atoms with Gasteiger partial charge in [-0.1, -0.05) is 13.3 Å². The summed E-state index contributed by atoms with van der Waals surface area (Å²) in [4.78, 5) is 176. The minimum absolute atomic E-state index is 0.0241. The first-order valence-electron chi connectivity index (χ1n) is 42.0. The Bertz CT molecular complexity index is 5170. The number of thiazole rings is 9. The third-order valence-electron chi connectivity index (χ3n) is 20.3. The lowest BCUT2D eigenvalue weighted by Crippen LogP contribution is -2.34. The SMILES string of the molecule is Cc1nc([C@H](C)NC(=O)c2sc(CCCCN)nc2[C@H](C)NC(=O)c2sc(C)nc2[C@H](CCCCN)NC(=O)c2sc(C)nc2[C@H](C)NC(=O)c2sc(CCCCN)nc2[C@H](C)NC(=O)c2sc(C)nc2[C@H](CCCCN)NC(=O)c2sc(C)nc2[C@H](C)NC(=O)c2sc(CCCCN)nc2[C@H](C)NC(=O)c2sc(C)nc2[C@@H](C)CCCCN)c(C(N)=O)s1. The number of unbranched alkanes of at least 4 members (excludes halogenated alkanes) is 6. The summed E-state index contributed by atoms with van der Waals surface area (Å²) in [6, 6.07) is -6.39. The predicted octanol–water partition coefficient (Wildman–Crippen LogP) is 12.0. The van der Waals surface area contributed by atoms with Gasteiger partial charge in [0, 0.05) is 5.92 Å².